The predicted octanol–water partition coefficient (Wildman–Crippen LogP) is 5.27. The van der Waals surface area contributed by atoms with E-state index in [1.54, 1.807) is 30.3 Å². The van der Waals surface area contributed by atoms with Crippen molar-refractivity contribution >= 4 is 29.0 Å². The van der Waals surface area contributed by atoms with Crippen LogP contribution in [-0.2, 0) is 4.74 Å². The van der Waals surface area contributed by atoms with Crippen LogP contribution >= 0.6 is 0 Å². The van der Waals surface area contributed by atoms with E-state index in [-0.39, 0.29) is 22.7 Å². The van der Waals surface area contributed by atoms with Crippen molar-refractivity contribution in [2.75, 3.05) is 11.9 Å². The number of nitrogens with one attached hydrogen (secondary N) is 1. The zero-order valence-corrected chi connectivity index (χ0v) is 18.6. The fraction of sp³-hybridized carbons (Fsp3) is 0.0385. The lowest BCUT2D eigenvalue weighted by Crippen LogP contribution is -2.18. The number of hydrogen-bond acceptors (Lipinski definition) is 8. The highest BCUT2D eigenvalue weighted by Crippen LogP contribution is 2.24. The number of esters is 1. The number of amides is 1. The summed E-state index contributed by atoms with van der Waals surface area (Å²) in [5.41, 5.74) is 0.528. The predicted molar refractivity (Wildman–Crippen MR) is 127 cm³/mol. The Hall–Kier alpha value is -5.25. The average molecular weight is 486 g/mol. The number of non-ortho nitro benzene ring substituents is 1. The van der Waals surface area contributed by atoms with Crippen molar-refractivity contribution in [3.8, 4) is 11.5 Å². The number of anilines is 1. The van der Waals surface area contributed by atoms with E-state index in [4.69, 9.17) is 13.9 Å². The number of benzene rings is 3. The minimum Gasteiger partial charge on any atom is -0.459 e. The zero-order chi connectivity index (χ0) is 25.5. The first kappa shape index (κ1) is 23.9. The van der Waals surface area contributed by atoms with Crippen LogP contribution in [0.1, 0.15) is 31.3 Å². The molecule has 0 spiro atoms. The van der Waals surface area contributed by atoms with Crippen LogP contribution in [0.4, 0.5) is 11.4 Å². The molecule has 0 bridgehead atoms. The van der Waals surface area contributed by atoms with Gasteiger partial charge in [0.1, 0.15) is 11.5 Å². The highest BCUT2D eigenvalue weighted by atomic mass is 16.6. The van der Waals surface area contributed by atoms with Gasteiger partial charge in [-0.15, -0.1) is 0 Å². The number of ketones is 1. The van der Waals surface area contributed by atoms with Gasteiger partial charge in [0.25, 0.3) is 11.6 Å². The Morgan fingerprint density at radius 3 is 2.17 bits per heavy atom. The second-order valence-electron chi connectivity index (χ2n) is 7.35. The largest absolute Gasteiger partial charge is 0.459 e. The molecular weight excluding hydrogens is 468 g/mol. The van der Waals surface area contributed by atoms with E-state index in [0.29, 0.717) is 17.1 Å². The molecule has 1 amide bonds. The number of nitrogens with zero attached hydrogens (tertiary/aromatic N) is 1. The van der Waals surface area contributed by atoms with Gasteiger partial charge in [-0.05, 0) is 60.7 Å². The molecule has 0 aliphatic carbocycles. The van der Waals surface area contributed by atoms with Crippen molar-refractivity contribution in [1.82, 2.24) is 0 Å². The highest BCUT2D eigenvalue weighted by Gasteiger charge is 2.18. The van der Waals surface area contributed by atoms with Crippen molar-refractivity contribution in [2.24, 2.45) is 0 Å². The SMILES string of the molecule is O=C(COC(=O)c1ccccc1NC(=O)c1ccco1)c1ccc(Oc2ccc([N+](=O)[O-])cc2)cc1. The fourth-order valence-electron chi connectivity index (χ4n) is 3.13. The molecule has 10 nitrogen and oxygen atoms in total. The molecule has 0 fully saturated rings. The first-order valence-corrected chi connectivity index (χ1v) is 10.6. The summed E-state index contributed by atoms with van der Waals surface area (Å²) in [5.74, 6) is -0.870. The number of carbonyl (C=O) groups excluding carboxylic acids is 3. The molecule has 10 heteroatoms. The highest BCUT2D eigenvalue weighted by molar-refractivity contribution is 6.07. The maximum absolute atomic E-state index is 12.6. The lowest BCUT2D eigenvalue weighted by atomic mass is 10.1. The van der Waals surface area contributed by atoms with Gasteiger partial charge in [-0.2, -0.15) is 0 Å². The molecule has 36 heavy (non-hydrogen) atoms. The van der Waals surface area contributed by atoms with E-state index in [9.17, 15) is 24.5 Å². The van der Waals surface area contributed by atoms with Crippen LogP contribution in [0.2, 0.25) is 0 Å². The van der Waals surface area contributed by atoms with Gasteiger partial charge in [-0.3, -0.25) is 19.7 Å². The Labute approximate surface area is 204 Å². The molecule has 0 radical (unpaired) electrons. The van der Waals surface area contributed by atoms with E-state index >= 15 is 0 Å². The van der Waals surface area contributed by atoms with Crippen LogP contribution < -0.4 is 10.1 Å². The summed E-state index contributed by atoms with van der Waals surface area (Å²) >= 11 is 0. The fourth-order valence-corrected chi connectivity index (χ4v) is 3.13. The molecule has 1 N–H and O–H groups in total. The number of furan rings is 1. The molecule has 0 aliphatic rings. The smallest absolute Gasteiger partial charge is 0.340 e. The number of carbonyl (C=O) groups is 3. The number of para-hydroxylation sites is 1. The van der Waals surface area contributed by atoms with Crippen LogP contribution in [0.3, 0.4) is 0 Å². The van der Waals surface area contributed by atoms with E-state index in [2.05, 4.69) is 5.32 Å². The lowest BCUT2D eigenvalue weighted by molar-refractivity contribution is -0.384. The van der Waals surface area contributed by atoms with Gasteiger partial charge < -0.3 is 19.2 Å². The van der Waals surface area contributed by atoms with Crippen LogP contribution in [0, 0.1) is 10.1 Å². The molecule has 0 atom stereocenters. The topological polar surface area (TPSA) is 138 Å². The number of nitro benzene ring substituents is 1. The molecule has 1 aromatic heterocycles. The summed E-state index contributed by atoms with van der Waals surface area (Å²) in [6.45, 7) is -0.512. The van der Waals surface area contributed by atoms with Crippen LogP contribution in [0.15, 0.2) is 95.6 Å². The minimum atomic E-state index is -0.781. The molecule has 0 aliphatic heterocycles. The number of nitro groups is 1. The van der Waals surface area contributed by atoms with Gasteiger partial charge >= 0.3 is 5.97 Å². The minimum absolute atomic E-state index is 0.0552. The summed E-state index contributed by atoms with van der Waals surface area (Å²) in [4.78, 5) is 47.5. The Morgan fingerprint density at radius 1 is 0.861 bits per heavy atom. The summed E-state index contributed by atoms with van der Waals surface area (Å²) in [5, 5.41) is 13.3. The number of ether oxygens (including phenoxy) is 2. The molecule has 180 valence electrons. The molecule has 0 saturated heterocycles. The molecule has 4 aromatic rings. The van der Waals surface area contributed by atoms with Crippen molar-refractivity contribution in [1.29, 1.82) is 0 Å². The average Bonchev–Trinajstić information content (AvgIpc) is 3.43. The van der Waals surface area contributed by atoms with Crippen molar-refractivity contribution in [2.45, 2.75) is 0 Å². The summed E-state index contributed by atoms with van der Waals surface area (Å²) < 4.78 is 15.8. The Balaban J connectivity index is 1.34. The standard InChI is InChI=1S/C26H18N2O8/c29-23(17-7-11-19(12-8-17)36-20-13-9-18(10-14-20)28(32)33)16-35-26(31)21-4-1-2-5-22(21)27-25(30)24-6-3-15-34-24/h1-15H,16H2,(H,27,30). The van der Waals surface area contributed by atoms with E-state index in [0.717, 1.165) is 0 Å². The molecule has 1 heterocycles. The number of rotatable bonds is 9. The van der Waals surface area contributed by atoms with E-state index in [1.807, 2.05) is 0 Å². The van der Waals surface area contributed by atoms with Gasteiger partial charge in [0.2, 0.25) is 0 Å². The summed E-state index contributed by atoms with van der Waals surface area (Å²) in [6, 6.07) is 21.0. The van der Waals surface area contributed by atoms with Crippen molar-refractivity contribution in [3.05, 3.63) is 118 Å². The van der Waals surface area contributed by atoms with Crippen molar-refractivity contribution in [3.63, 3.8) is 0 Å². The van der Waals surface area contributed by atoms with Gasteiger partial charge in [-0.1, -0.05) is 12.1 Å². The third-order valence-corrected chi connectivity index (χ3v) is 4.93. The summed E-state index contributed by atoms with van der Waals surface area (Å²) in [7, 11) is 0. The normalized spacial score (nSPS) is 10.3. The molecule has 0 unspecified atom stereocenters. The Bertz CT molecular complexity index is 1390. The Kier molecular flexibility index (Phi) is 7.16. The van der Waals surface area contributed by atoms with Gasteiger partial charge in [-0.25, -0.2) is 4.79 Å². The van der Waals surface area contributed by atoms with E-state index in [1.165, 1.54) is 60.9 Å². The van der Waals surface area contributed by atoms with Gasteiger partial charge in [0, 0.05) is 17.7 Å². The van der Waals surface area contributed by atoms with Crippen LogP contribution in [0.25, 0.3) is 0 Å². The maximum Gasteiger partial charge on any atom is 0.340 e. The second kappa shape index (κ2) is 10.8. The van der Waals surface area contributed by atoms with Gasteiger partial charge in [0.05, 0.1) is 22.4 Å². The zero-order valence-electron chi connectivity index (χ0n) is 18.6. The molecule has 4 rings (SSSR count). The third-order valence-electron chi connectivity index (χ3n) is 4.93. The molecule has 3 aromatic carbocycles. The van der Waals surface area contributed by atoms with Crippen LogP contribution in [0.5, 0.6) is 11.5 Å². The van der Waals surface area contributed by atoms with Gasteiger partial charge in [0.15, 0.2) is 18.2 Å². The third kappa shape index (κ3) is 5.81. The second-order valence-corrected chi connectivity index (χ2v) is 7.35. The van der Waals surface area contributed by atoms with E-state index < -0.39 is 29.2 Å². The molecule has 0 saturated carbocycles. The number of hydrogen-bond donors (Lipinski definition) is 1. The quantitative estimate of drug-likeness (QED) is 0.146. The first-order valence-electron chi connectivity index (χ1n) is 10.6. The molecular formula is C26H18N2O8. The first-order chi connectivity index (χ1) is 17.4. The maximum atomic E-state index is 12.6. The lowest BCUT2D eigenvalue weighted by Gasteiger charge is -2.10. The van der Waals surface area contributed by atoms with Crippen LogP contribution in [-0.4, -0.2) is 29.2 Å². The number of Topliss-reactive ketones (excluding diaryl/α,β-unsaturated/α-hetero) is 1. The Morgan fingerprint density at radius 2 is 1.53 bits per heavy atom. The summed E-state index contributed by atoms with van der Waals surface area (Å²) in [6.07, 6.45) is 1.36. The van der Waals surface area contributed by atoms with Crippen molar-refractivity contribution < 1.29 is 33.2 Å². The monoisotopic (exact) mass is 486 g/mol.